The number of aliphatic hydroxyl groups is 4. The number of hydrogen-bond acceptors (Lipinski definition) is 12. The number of methoxy groups -OCH3 is 1. The average Bonchev–Trinajstić information content (AvgIpc) is 3.05. The third kappa shape index (κ3) is 5.81. The minimum Gasteiger partial charge on any atom is -0.387 e. The second kappa shape index (κ2) is 12.0. The standard InChI is InChI=1S/C22H32N4O12/c1-35-17-12(28)10(37-20(17)26-7-5-11(27)25-22(26)34)8-36-21-15(31)13(29)14(30)16(38-21)19(33)24-9-4-2-3-6-23-18(9)32/h5,7,9-10,12-17,20-21,28-31H,2-4,6,8H2,1H3,(H,23,32)(H,24,33)(H,25,27,34)/t9-,10+,12+,13-,14-,15+,16-,17+,20+,21+/m0/s1. The van der Waals surface area contributed by atoms with Gasteiger partial charge in [0, 0.05) is 25.9 Å². The van der Waals surface area contributed by atoms with Crippen molar-refractivity contribution in [3.8, 4) is 0 Å². The van der Waals surface area contributed by atoms with E-state index in [-0.39, 0.29) is 5.91 Å². The summed E-state index contributed by atoms with van der Waals surface area (Å²) in [6.07, 6.45) is -10.4. The molecule has 1 aromatic heterocycles. The Morgan fingerprint density at radius 1 is 1.11 bits per heavy atom. The first-order valence-electron chi connectivity index (χ1n) is 12.2. The van der Waals surface area contributed by atoms with Gasteiger partial charge in [-0.05, 0) is 19.3 Å². The fourth-order valence-electron chi connectivity index (χ4n) is 4.69. The lowest BCUT2D eigenvalue weighted by atomic mass is 9.98. The lowest BCUT2D eigenvalue weighted by molar-refractivity contribution is -0.296. The van der Waals surface area contributed by atoms with E-state index in [4.69, 9.17) is 18.9 Å². The second-order valence-electron chi connectivity index (χ2n) is 9.35. The normalized spacial score (nSPS) is 37.9. The summed E-state index contributed by atoms with van der Waals surface area (Å²) >= 11 is 0. The van der Waals surface area contributed by atoms with Crippen LogP contribution in [0.5, 0.6) is 0 Å². The van der Waals surface area contributed by atoms with Crippen molar-refractivity contribution in [2.45, 2.75) is 80.5 Å². The molecule has 16 heteroatoms. The minimum absolute atomic E-state index is 0.378. The molecule has 212 valence electrons. The van der Waals surface area contributed by atoms with E-state index in [1.807, 2.05) is 0 Å². The Labute approximate surface area is 215 Å². The van der Waals surface area contributed by atoms with Gasteiger partial charge in [-0.1, -0.05) is 0 Å². The van der Waals surface area contributed by atoms with Crippen molar-refractivity contribution in [2.24, 2.45) is 0 Å². The molecule has 4 heterocycles. The summed E-state index contributed by atoms with van der Waals surface area (Å²) in [5, 5.41) is 46.9. The number of carbonyl (C=O) groups excluding carboxylic acids is 2. The first-order chi connectivity index (χ1) is 18.1. The van der Waals surface area contributed by atoms with E-state index in [1.54, 1.807) is 0 Å². The van der Waals surface area contributed by atoms with Gasteiger partial charge in [0.25, 0.3) is 11.5 Å². The molecule has 3 aliphatic heterocycles. The number of aliphatic hydroxyl groups excluding tert-OH is 4. The van der Waals surface area contributed by atoms with Crippen LogP contribution in [-0.4, -0.2) is 117 Å². The van der Waals surface area contributed by atoms with Crippen LogP contribution in [0.15, 0.2) is 21.9 Å². The quantitative estimate of drug-likeness (QED) is 0.172. The van der Waals surface area contributed by atoms with Gasteiger partial charge in [0.2, 0.25) is 5.91 Å². The first kappa shape index (κ1) is 28.3. The lowest BCUT2D eigenvalue weighted by Crippen LogP contribution is -2.63. The lowest BCUT2D eigenvalue weighted by Gasteiger charge is -2.40. The molecule has 4 rings (SSSR count). The van der Waals surface area contributed by atoms with E-state index in [0.29, 0.717) is 19.4 Å². The number of nitrogens with one attached hydrogen (secondary N) is 3. The summed E-state index contributed by atoms with van der Waals surface area (Å²) in [5.41, 5.74) is -1.42. The Morgan fingerprint density at radius 2 is 1.87 bits per heavy atom. The van der Waals surface area contributed by atoms with Gasteiger partial charge >= 0.3 is 5.69 Å². The van der Waals surface area contributed by atoms with E-state index in [1.165, 1.54) is 13.3 Å². The van der Waals surface area contributed by atoms with Gasteiger partial charge in [0.1, 0.15) is 42.7 Å². The van der Waals surface area contributed by atoms with Crippen molar-refractivity contribution in [3.63, 3.8) is 0 Å². The summed E-state index contributed by atoms with van der Waals surface area (Å²) in [7, 11) is 1.29. The number of amides is 2. The van der Waals surface area contributed by atoms with Crippen LogP contribution >= 0.6 is 0 Å². The topological polar surface area (TPSA) is 231 Å². The van der Waals surface area contributed by atoms with Gasteiger partial charge in [0.15, 0.2) is 18.6 Å². The predicted octanol–water partition coefficient (Wildman–Crippen LogP) is -4.58. The van der Waals surface area contributed by atoms with Crippen LogP contribution in [0.25, 0.3) is 0 Å². The van der Waals surface area contributed by atoms with Crippen LogP contribution in [0.4, 0.5) is 0 Å². The Balaban J connectivity index is 1.42. The average molecular weight is 545 g/mol. The molecule has 0 spiro atoms. The fourth-order valence-corrected chi connectivity index (χ4v) is 4.69. The number of ether oxygens (including phenoxy) is 4. The molecule has 1 aromatic rings. The molecule has 3 fully saturated rings. The molecule has 3 saturated heterocycles. The van der Waals surface area contributed by atoms with Crippen molar-refractivity contribution >= 4 is 11.8 Å². The zero-order valence-corrected chi connectivity index (χ0v) is 20.5. The highest BCUT2D eigenvalue weighted by Crippen LogP contribution is 2.31. The molecule has 0 bridgehead atoms. The van der Waals surface area contributed by atoms with Crippen LogP contribution in [0.3, 0.4) is 0 Å². The largest absolute Gasteiger partial charge is 0.387 e. The summed E-state index contributed by atoms with van der Waals surface area (Å²) in [6.45, 7) is 0.0326. The van der Waals surface area contributed by atoms with E-state index in [0.717, 1.165) is 17.1 Å². The first-order valence-corrected chi connectivity index (χ1v) is 12.2. The number of aromatic amines is 1. The third-order valence-corrected chi connectivity index (χ3v) is 6.81. The molecule has 7 N–H and O–H groups in total. The van der Waals surface area contributed by atoms with E-state index in [9.17, 15) is 39.6 Å². The van der Waals surface area contributed by atoms with Crippen molar-refractivity contribution < 1.29 is 49.0 Å². The van der Waals surface area contributed by atoms with Gasteiger partial charge in [0.05, 0.1) is 6.61 Å². The monoisotopic (exact) mass is 544 g/mol. The SMILES string of the molecule is CO[C@@H]1[C@H](O)[C@@H](CO[C@@H]2O[C@H](C(=O)N[C@H]3CCCCNC3=O)[C@@H](O)[C@H](O)[C@H]2O)O[C@H]1n1ccc(=O)[nH]c1=O. The van der Waals surface area contributed by atoms with Gasteiger partial charge in [-0.3, -0.25) is 23.9 Å². The summed E-state index contributed by atoms with van der Waals surface area (Å²) in [5.74, 6) is -1.26. The maximum Gasteiger partial charge on any atom is 0.330 e. The Hall–Kier alpha value is -2.70. The highest BCUT2D eigenvalue weighted by Gasteiger charge is 2.50. The Bertz CT molecular complexity index is 1110. The van der Waals surface area contributed by atoms with Crippen LogP contribution < -0.4 is 21.9 Å². The van der Waals surface area contributed by atoms with Gasteiger partial charge in [-0.15, -0.1) is 0 Å². The maximum absolute atomic E-state index is 12.8. The summed E-state index contributed by atoms with van der Waals surface area (Å²) in [6, 6.07) is 0.238. The number of rotatable bonds is 7. The number of nitrogens with zero attached hydrogens (tertiary/aromatic N) is 1. The number of hydrogen-bond donors (Lipinski definition) is 7. The van der Waals surface area contributed by atoms with Crippen LogP contribution in [0.1, 0.15) is 25.5 Å². The molecule has 10 atom stereocenters. The number of carbonyl (C=O) groups is 2. The van der Waals surface area contributed by atoms with Gasteiger partial charge in [-0.25, -0.2) is 4.79 Å². The molecule has 0 radical (unpaired) electrons. The van der Waals surface area contributed by atoms with Crippen molar-refractivity contribution in [1.82, 2.24) is 20.2 Å². The predicted molar refractivity (Wildman–Crippen MR) is 123 cm³/mol. The molecule has 0 aromatic carbocycles. The van der Waals surface area contributed by atoms with Crippen LogP contribution in [0, 0.1) is 0 Å². The molecule has 0 aliphatic carbocycles. The highest BCUT2D eigenvalue weighted by atomic mass is 16.7. The van der Waals surface area contributed by atoms with Gasteiger partial charge in [-0.2, -0.15) is 0 Å². The minimum atomic E-state index is -1.83. The molecule has 38 heavy (non-hydrogen) atoms. The molecular formula is C22H32N4O12. The molecule has 2 amide bonds. The third-order valence-electron chi connectivity index (χ3n) is 6.81. The van der Waals surface area contributed by atoms with Crippen molar-refractivity contribution in [2.75, 3.05) is 20.3 Å². The van der Waals surface area contributed by atoms with E-state index >= 15 is 0 Å². The fraction of sp³-hybridized carbons (Fsp3) is 0.727. The summed E-state index contributed by atoms with van der Waals surface area (Å²) < 4.78 is 23.0. The van der Waals surface area contributed by atoms with Crippen LogP contribution in [0.2, 0.25) is 0 Å². The highest BCUT2D eigenvalue weighted by molar-refractivity contribution is 5.89. The Morgan fingerprint density at radius 3 is 2.58 bits per heavy atom. The maximum atomic E-state index is 12.8. The van der Waals surface area contributed by atoms with Crippen molar-refractivity contribution in [3.05, 3.63) is 33.1 Å². The molecule has 0 unspecified atom stereocenters. The van der Waals surface area contributed by atoms with Gasteiger partial charge < -0.3 is 50.0 Å². The van der Waals surface area contributed by atoms with Crippen molar-refractivity contribution in [1.29, 1.82) is 0 Å². The van der Waals surface area contributed by atoms with E-state index in [2.05, 4.69) is 15.6 Å². The second-order valence-corrected chi connectivity index (χ2v) is 9.35. The molecule has 16 nitrogen and oxygen atoms in total. The summed E-state index contributed by atoms with van der Waals surface area (Å²) in [4.78, 5) is 50.6. The van der Waals surface area contributed by atoms with Crippen LogP contribution in [-0.2, 0) is 28.5 Å². The molecular weight excluding hydrogens is 512 g/mol. The number of aromatic nitrogens is 2. The molecule has 0 saturated carbocycles. The zero-order chi connectivity index (χ0) is 27.6. The number of H-pyrrole nitrogens is 1. The van der Waals surface area contributed by atoms with E-state index < -0.39 is 85.1 Å². The Kier molecular flexibility index (Phi) is 8.94. The molecule has 3 aliphatic rings. The zero-order valence-electron chi connectivity index (χ0n) is 20.5. The smallest absolute Gasteiger partial charge is 0.330 e.